The Morgan fingerprint density at radius 1 is 1.12 bits per heavy atom. The minimum absolute atomic E-state index is 0.235. The second kappa shape index (κ2) is 10.0. The number of hydrogen-bond acceptors (Lipinski definition) is 3. The van der Waals surface area contributed by atoms with E-state index in [-0.39, 0.29) is 6.42 Å². The van der Waals surface area contributed by atoms with E-state index < -0.39 is 17.9 Å². The first-order chi connectivity index (χ1) is 12.6. The Bertz CT molecular complexity index is 738. The van der Waals surface area contributed by atoms with Crippen molar-refractivity contribution in [2.75, 3.05) is 6.61 Å². The quantitative estimate of drug-likeness (QED) is 0.678. The molecule has 0 saturated carbocycles. The number of amides is 1. The monoisotopic (exact) mass is 353 g/mol. The molecule has 0 fully saturated rings. The van der Waals surface area contributed by atoms with Crippen LogP contribution in [0.5, 0.6) is 5.75 Å². The fourth-order valence-corrected chi connectivity index (χ4v) is 2.34. The molecular weight excluding hydrogens is 330 g/mol. The highest BCUT2D eigenvalue weighted by molar-refractivity contribution is 5.94. The average molecular weight is 353 g/mol. The highest BCUT2D eigenvalue weighted by Gasteiger charge is 2.19. The van der Waals surface area contributed by atoms with Crippen LogP contribution in [0.1, 0.15) is 24.5 Å². The second-order valence-electron chi connectivity index (χ2n) is 5.84. The molecule has 0 saturated heterocycles. The Morgan fingerprint density at radius 3 is 2.42 bits per heavy atom. The van der Waals surface area contributed by atoms with Gasteiger partial charge in [-0.25, -0.2) is 4.79 Å². The molecular formula is C21H23NO4. The molecule has 2 rings (SSSR count). The van der Waals surface area contributed by atoms with Crippen LogP contribution >= 0.6 is 0 Å². The molecule has 5 nitrogen and oxygen atoms in total. The lowest BCUT2D eigenvalue weighted by Gasteiger charge is -2.13. The lowest BCUT2D eigenvalue weighted by Crippen LogP contribution is -2.41. The molecule has 1 unspecified atom stereocenters. The summed E-state index contributed by atoms with van der Waals surface area (Å²) < 4.78 is 5.50. The van der Waals surface area contributed by atoms with Crippen molar-refractivity contribution in [2.24, 2.45) is 0 Å². The van der Waals surface area contributed by atoms with E-state index in [1.54, 1.807) is 6.08 Å². The molecule has 0 radical (unpaired) electrons. The van der Waals surface area contributed by atoms with Gasteiger partial charge < -0.3 is 15.2 Å². The molecule has 5 heteroatoms. The van der Waals surface area contributed by atoms with Gasteiger partial charge in [0.2, 0.25) is 5.91 Å². The van der Waals surface area contributed by atoms with Crippen molar-refractivity contribution in [3.8, 4) is 5.75 Å². The van der Waals surface area contributed by atoms with Crippen LogP contribution in [-0.4, -0.2) is 29.6 Å². The van der Waals surface area contributed by atoms with E-state index in [9.17, 15) is 14.7 Å². The Balaban J connectivity index is 1.92. The van der Waals surface area contributed by atoms with E-state index in [2.05, 4.69) is 5.32 Å². The summed E-state index contributed by atoms with van der Waals surface area (Å²) in [5, 5.41) is 11.8. The van der Waals surface area contributed by atoms with Gasteiger partial charge in [-0.1, -0.05) is 49.4 Å². The van der Waals surface area contributed by atoms with Crippen LogP contribution in [0.4, 0.5) is 0 Å². The highest BCUT2D eigenvalue weighted by Crippen LogP contribution is 2.13. The largest absolute Gasteiger partial charge is 0.494 e. The molecule has 0 aliphatic rings. The van der Waals surface area contributed by atoms with Crippen molar-refractivity contribution in [2.45, 2.75) is 25.8 Å². The van der Waals surface area contributed by atoms with Crippen LogP contribution in [0, 0.1) is 0 Å². The van der Waals surface area contributed by atoms with Gasteiger partial charge >= 0.3 is 5.97 Å². The van der Waals surface area contributed by atoms with Crippen molar-refractivity contribution in [1.82, 2.24) is 5.32 Å². The minimum atomic E-state index is -1.06. The van der Waals surface area contributed by atoms with Crippen LogP contribution in [-0.2, 0) is 16.0 Å². The number of carboxylic acid groups (broad SMARTS) is 1. The van der Waals surface area contributed by atoms with Crippen LogP contribution < -0.4 is 10.1 Å². The molecule has 0 bridgehead atoms. The van der Waals surface area contributed by atoms with Gasteiger partial charge in [-0.2, -0.15) is 0 Å². The van der Waals surface area contributed by atoms with E-state index in [0.717, 1.165) is 23.3 Å². The van der Waals surface area contributed by atoms with Gasteiger partial charge in [-0.05, 0) is 35.8 Å². The van der Waals surface area contributed by atoms with E-state index in [1.807, 2.05) is 61.5 Å². The highest BCUT2D eigenvalue weighted by atomic mass is 16.5. The molecule has 0 aliphatic carbocycles. The van der Waals surface area contributed by atoms with Crippen molar-refractivity contribution < 1.29 is 19.4 Å². The van der Waals surface area contributed by atoms with Crippen molar-refractivity contribution in [1.29, 1.82) is 0 Å². The zero-order valence-electron chi connectivity index (χ0n) is 14.7. The van der Waals surface area contributed by atoms with Gasteiger partial charge in [0.15, 0.2) is 0 Å². The number of benzene rings is 2. The summed E-state index contributed by atoms with van der Waals surface area (Å²) in [5.41, 5.74) is 1.69. The third kappa shape index (κ3) is 6.43. The fourth-order valence-electron chi connectivity index (χ4n) is 2.34. The maximum Gasteiger partial charge on any atom is 0.326 e. The SMILES string of the molecule is CCCOc1ccc(/C=C/C(=O)NC(Cc2ccccc2)C(=O)O)cc1. The van der Waals surface area contributed by atoms with Crippen molar-refractivity contribution in [3.63, 3.8) is 0 Å². The molecule has 1 atom stereocenters. The van der Waals surface area contributed by atoms with E-state index in [1.165, 1.54) is 6.08 Å². The van der Waals surface area contributed by atoms with Gasteiger partial charge in [-0.3, -0.25) is 4.79 Å². The first kappa shape index (κ1) is 19.2. The molecule has 0 aromatic heterocycles. The first-order valence-electron chi connectivity index (χ1n) is 8.56. The second-order valence-corrected chi connectivity index (χ2v) is 5.84. The van der Waals surface area contributed by atoms with Gasteiger partial charge in [0.05, 0.1) is 6.61 Å². The van der Waals surface area contributed by atoms with Gasteiger partial charge in [-0.15, -0.1) is 0 Å². The molecule has 136 valence electrons. The Hall–Kier alpha value is -3.08. The summed E-state index contributed by atoms with van der Waals surface area (Å²) in [6, 6.07) is 15.6. The fraction of sp³-hybridized carbons (Fsp3) is 0.238. The molecule has 1 amide bonds. The standard InChI is InChI=1S/C21H23NO4/c1-2-14-26-18-11-8-16(9-12-18)10-13-20(23)22-19(21(24)25)15-17-6-4-3-5-7-17/h3-13,19H,2,14-15H2,1H3,(H,22,23)(H,24,25)/b13-10+. The van der Waals surface area contributed by atoms with Crippen LogP contribution in [0.2, 0.25) is 0 Å². The summed E-state index contributed by atoms with van der Waals surface area (Å²) >= 11 is 0. The number of rotatable bonds is 9. The van der Waals surface area contributed by atoms with Crippen LogP contribution in [0.3, 0.4) is 0 Å². The molecule has 26 heavy (non-hydrogen) atoms. The van der Waals surface area contributed by atoms with Crippen molar-refractivity contribution >= 4 is 18.0 Å². The third-order valence-corrected chi connectivity index (χ3v) is 3.68. The number of carbonyl (C=O) groups is 2. The van der Waals surface area contributed by atoms with Crippen LogP contribution in [0.15, 0.2) is 60.7 Å². The van der Waals surface area contributed by atoms with E-state index in [4.69, 9.17) is 4.74 Å². The predicted octanol–water partition coefficient (Wildman–Crippen LogP) is 3.30. The number of carboxylic acids is 1. The minimum Gasteiger partial charge on any atom is -0.494 e. The molecule has 0 aliphatic heterocycles. The summed E-state index contributed by atoms with van der Waals surface area (Å²) in [6.45, 7) is 2.70. The number of carbonyl (C=O) groups excluding carboxylic acids is 1. The molecule has 2 N–H and O–H groups in total. The lowest BCUT2D eigenvalue weighted by atomic mass is 10.1. The number of nitrogens with one attached hydrogen (secondary N) is 1. The van der Waals surface area contributed by atoms with Gasteiger partial charge in [0.25, 0.3) is 0 Å². The van der Waals surface area contributed by atoms with Gasteiger partial charge in [0.1, 0.15) is 11.8 Å². The maximum atomic E-state index is 12.0. The Morgan fingerprint density at radius 2 is 1.81 bits per heavy atom. The molecule has 2 aromatic rings. The number of aliphatic carboxylic acids is 1. The Labute approximate surface area is 153 Å². The Kier molecular flexibility index (Phi) is 7.43. The third-order valence-electron chi connectivity index (χ3n) is 3.68. The maximum absolute atomic E-state index is 12.0. The summed E-state index contributed by atoms with van der Waals surface area (Å²) in [7, 11) is 0. The molecule has 0 spiro atoms. The summed E-state index contributed by atoms with van der Waals surface area (Å²) in [5.74, 6) is -0.727. The van der Waals surface area contributed by atoms with E-state index in [0.29, 0.717) is 6.61 Å². The lowest BCUT2D eigenvalue weighted by molar-refractivity contribution is -0.141. The molecule has 2 aromatic carbocycles. The van der Waals surface area contributed by atoms with Gasteiger partial charge in [0, 0.05) is 12.5 Å². The number of hydrogen-bond donors (Lipinski definition) is 2. The van der Waals surface area contributed by atoms with E-state index >= 15 is 0 Å². The van der Waals surface area contributed by atoms with Crippen LogP contribution in [0.25, 0.3) is 6.08 Å². The zero-order chi connectivity index (χ0) is 18.8. The first-order valence-corrected chi connectivity index (χ1v) is 8.56. The normalized spacial score (nSPS) is 11.9. The molecule has 0 heterocycles. The number of ether oxygens (including phenoxy) is 1. The zero-order valence-corrected chi connectivity index (χ0v) is 14.7. The summed E-state index contributed by atoms with van der Waals surface area (Å²) in [6.07, 6.45) is 4.15. The van der Waals surface area contributed by atoms with Crippen molar-refractivity contribution in [3.05, 3.63) is 71.8 Å². The average Bonchev–Trinajstić information content (AvgIpc) is 2.65. The predicted molar refractivity (Wildman–Crippen MR) is 101 cm³/mol. The summed E-state index contributed by atoms with van der Waals surface area (Å²) in [4.78, 5) is 23.4. The topological polar surface area (TPSA) is 75.6 Å². The smallest absolute Gasteiger partial charge is 0.326 e.